The average molecular weight is 256 g/mol. The first-order valence-corrected chi connectivity index (χ1v) is 5.40. The predicted molar refractivity (Wildman–Crippen MR) is 62.1 cm³/mol. The van der Waals surface area contributed by atoms with Crippen LogP contribution in [0.15, 0.2) is 10.6 Å². The van der Waals surface area contributed by atoms with Crippen molar-refractivity contribution in [3.63, 3.8) is 0 Å². The van der Waals surface area contributed by atoms with Crippen LogP contribution >= 0.6 is 11.6 Å². The number of aromatic nitrogens is 2. The van der Waals surface area contributed by atoms with Crippen molar-refractivity contribution >= 4 is 11.6 Å². The van der Waals surface area contributed by atoms with Crippen molar-refractivity contribution in [2.24, 2.45) is 5.73 Å². The Morgan fingerprint density at radius 1 is 1.47 bits per heavy atom. The Morgan fingerprint density at radius 2 is 2.18 bits per heavy atom. The van der Waals surface area contributed by atoms with E-state index in [0.717, 1.165) is 0 Å². The third kappa shape index (κ3) is 2.03. The fraction of sp³-hybridized carbons (Fsp3) is 0.273. The predicted octanol–water partition coefficient (Wildman–Crippen LogP) is 2.60. The first kappa shape index (κ1) is 12.0. The lowest BCUT2D eigenvalue weighted by Gasteiger charge is -2.07. The van der Waals surface area contributed by atoms with E-state index in [1.54, 1.807) is 19.9 Å². The number of nitrogens with two attached hydrogens (primary N) is 1. The molecule has 0 spiro atoms. The van der Waals surface area contributed by atoms with Crippen molar-refractivity contribution < 1.29 is 8.91 Å². The smallest absolute Gasteiger partial charge is 0.240 e. The van der Waals surface area contributed by atoms with Gasteiger partial charge in [0.2, 0.25) is 11.7 Å². The molecule has 0 aliphatic carbocycles. The molecule has 2 N–H and O–H groups in total. The first-order chi connectivity index (χ1) is 8.04. The van der Waals surface area contributed by atoms with E-state index >= 15 is 0 Å². The quantitative estimate of drug-likeness (QED) is 0.896. The van der Waals surface area contributed by atoms with Gasteiger partial charge in [-0.1, -0.05) is 16.8 Å². The standard InChI is InChI=1S/C11H11ClFN3O/c1-5-3-7(12)6(2)9(10(5)13)11-15-8(4-14)17-16-11/h3H,4,14H2,1-2H3. The monoisotopic (exact) mass is 255 g/mol. The third-order valence-electron chi connectivity index (χ3n) is 2.51. The Morgan fingerprint density at radius 3 is 2.76 bits per heavy atom. The molecule has 0 fully saturated rings. The number of rotatable bonds is 2. The van der Waals surface area contributed by atoms with Crippen molar-refractivity contribution in [1.29, 1.82) is 0 Å². The van der Waals surface area contributed by atoms with Gasteiger partial charge in [-0.25, -0.2) is 4.39 Å². The van der Waals surface area contributed by atoms with Gasteiger partial charge in [0.05, 0.1) is 12.1 Å². The number of hydrogen-bond acceptors (Lipinski definition) is 4. The van der Waals surface area contributed by atoms with E-state index in [2.05, 4.69) is 10.1 Å². The molecule has 0 aliphatic rings. The zero-order valence-corrected chi connectivity index (χ0v) is 10.2. The SMILES string of the molecule is Cc1cc(Cl)c(C)c(-c2noc(CN)n2)c1F. The van der Waals surface area contributed by atoms with Gasteiger partial charge >= 0.3 is 0 Å². The molecule has 0 bridgehead atoms. The molecule has 0 saturated heterocycles. The molecule has 0 aliphatic heterocycles. The summed E-state index contributed by atoms with van der Waals surface area (Å²) in [6, 6.07) is 1.57. The van der Waals surface area contributed by atoms with E-state index in [0.29, 0.717) is 16.1 Å². The van der Waals surface area contributed by atoms with E-state index in [9.17, 15) is 4.39 Å². The van der Waals surface area contributed by atoms with Gasteiger partial charge in [0.1, 0.15) is 5.82 Å². The van der Waals surface area contributed by atoms with Gasteiger partial charge in [0.15, 0.2) is 0 Å². The van der Waals surface area contributed by atoms with Crippen LogP contribution in [0.5, 0.6) is 0 Å². The lowest BCUT2D eigenvalue weighted by molar-refractivity contribution is 0.380. The van der Waals surface area contributed by atoms with Crippen LogP contribution in [0.2, 0.25) is 5.02 Å². The van der Waals surface area contributed by atoms with Crippen molar-refractivity contribution in [2.45, 2.75) is 20.4 Å². The molecular formula is C11H11ClFN3O. The number of aryl methyl sites for hydroxylation is 1. The van der Waals surface area contributed by atoms with E-state index in [1.165, 1.54) is 0 Å². The summed E-state index contributed by atoms with van der Waals surface area (Å²) in [6.45, 7) is 3.46. The Balaban J connectivity index is 2.65. The van der Waals surface area contributed by atoms with E-state index < -0.39 is 5.82 Å². The summed E-state index contributed by atoms with van der Waals surface area (Å²) in [5.41, 5.74) is 6.65. The minimum absolute atomic E-state index is 0.118. The van der Waals surface area contributed by atoms with Crippen LogP contribution in [0.4, 0.5) is 4.39 Å². The Hall–Kier alpha value is -1.46. The normalized spacial score (nSPS) is 10.9. The summed E-state index contributed by atoms with van der Waals surface area (Å²) in [5, 5.41) is 4.17. The second kappa shape index (κ2) is 4.43. The molecule has 0 saturated carbocycles. The Labute approximate surface area is 103 Å². The van der Waals surface area contributed by atoms with Crippen LogP contribution in [0.3, 0.4) is 0 Å². The van der Waals surface area contributed by atoms with Crippen LogP contribution in [-0.2, 0) is 6.54 Å². The van der Waals surface area contributed by atoms with Crippen molar-refractivity contribution in [2.75, 3.05) is 0 Å². The van der Waals surface area contributed by atoms with Crippen LogP contribution in [0.1, 0.15) is 17.0 Å². The second-order valence-electron chi connectivity index (χ2n) is 3.71. The number of benzene rings is 1. The van der Waals surface area contributed by atoms with E-state index in [4.69, 9.17) is 21.9 Å². The van der Waals surface area contributed by atoms with Gasteiger partial charge in [0, 0.05) is 5.02 Å². The maximum Gasteiger partial charge on any atom is 0.240 e. The minimum Gasteiger partial charge on any atom is -0.338 e. The third-order valence-corrected chi connectivity index (χ3v) is 2.90. The Bertz CT molecular complexity index is 542. The molecule has 6 heteroatoms. The van der Waals surface area contributed by atoms with Crippen LogP contribution < -0.4 is 5.73 Å². The molecule has 90 valence electrons. The molecule has 0 amide bonds. The zero-order chi connectivity index (χ0) is 12.6. The van der Waals surface area contributed by atoms with Crippen LogP contribution in [0, 0.1) is 19.7 Å². The maximum atomic E-state index is 14.0. The first-order valence-electron chi connectivity index (χ1n) is 5.02. The van der Waals surface area contributed by atoms with Crippen LogP contribution in [0.25, 0.3) is 11.4 Å². The van der Waals surface area contributed by atoms with Crippen molar-refractivity contribution in [3.05, 3.63) is 33.9 Å². The van der Waals surface area contributed by atoms with Gasteiger partial charge in [0.25, 0.3) is 0 Å². The van der Waals surface area contributed by atoms with Gasteiger partial charge < -0.3 is 10.3 Å². The summed E-state index contributed by atoms with van der Waals surface area (Å²) >= 11 is 6.00. The highest BCUT2D eigenvalue weighted by Gasteiger charge is 2.18. The molecule has 0 atom stereocenters. The lowest BCUT2D eigenvalue weighted by Crippen LogP contribution is -1.98. The summed E-state index contributed by atoms with van der Waals surface area (Å²) in [6.07, 6.45) is 0. The maximum absolute atomic E-state index is 14.0. The topological polar surface area (TPSA) is 64.9 Å². The molecule has 2 rings (SSSR count). The molecule has 1 aromatic carbocycles. The highest BCUT2D eigenvalue weighted by molar-refractivity contribution is 6.31. The van der Waals surface area contributed by atoms with Crippen molar-refractivity contribution in [3.8, 4) is 11.4 Å². The van der Waals surface area contributed by atoms with E-state index in [-0.39, 0.29) is 23.8 Å². The van der Waals surface area contributed by atoms with Gasteiger partial charge in [-0.05, 0) is 31.0 Å². The highest BCUT2D eigenvalue weighted by atomic mass is 35.5. The molecule has 4 nitrogen and oxygen atoms in total. The Kier molecular flexibility index (Phi) is 3.13. The van der Waals surface area contributed by atoms with E-state index in [1.807, 2.05) is 0 Å². The summed E-state index contributed by atoms with van der Waals surface area (Å²) in [5.74, 6) is 0.0405. The zero-order valence-electron chi connectivity index (χ0n) is 9.42. The number of hydrogen-bond donors (Lipinski definition) is 1. The summed E-state index contributed by atoms with van der Waals surface area (Å²) in [7, 11) is 0. The molecule has 17 heavy (non-hydrogen) atoms. The second-order valence-corrected chi connectivity index (χ2v) is 4.11. The average Bonchev–Trinajstić information content (AvgIpc) is 2.75. The van der Waals surface area contributed by atoms with Gasteiger partial charge in [-0.2, -0.15) is 4.98 Å². The summed E-state index contributed by atoms with van der Waals surface area (Å²) < 4.78 is 18.9. The molecule has 1 aromatic heterocycles. The molecular weight excluding hydrogens is 245 g/mol. The lowest BCUT2D eigenvalue weighted by atomic mass is 10.0. The molecule has 1 heterocycles. The molecule has 0 radical (unpaired) electrons. The summed E-state index contributed by atoms with van der Waals surface area (Å²) in [4.78, 5) is 4.00. The molecule has 0 unspecified atom stereocenters. The van der Waals surface area contributed by atoms with Gasteiger partial charge in [-0.3, -0.25) is 0 Å². The number of nitrogens with zero attached hydrogens (tertiary/aromatic N) is 2. The van der Waals surface area contributed by atoms with Crippen molar-refractivity contribution in [1.82, 2.24) is 10.1 Å². The van der Waals surface area contributed by atoms with Crippen LogP contribution in [-0.4, -0.2) is 10.1 Å². The number of halogens is 2. The minimum atomic E-state index is -0.392. The fourth-order valence-corrected chi connectivity index (χ4v) is 1.81. The highest BCUT2D eigenvalue weighted by Crippen LogP contribution is 2.31. The van der Waals surface area contributed by atoms with Gasteiger partial charge in [-0.15, -0.1) is 0 Å². The largest absolute Gasteiger partial charge is 0.338 e. The fourth-order valence-electron chi connectivity index (χ4n) is 1.55. The molecule has 2 aromatic rings.